The van der Waals surface area contributed by atoms with Gasteiger partial charge < -0.3 is 5.32 Å². The minimum Gasteiger partial charge on any atom is -0.310 e. The molecule has 2 heterocycles. The molecule has 100 valence electrons. The lowest BCUT2D eigenvalue weighted by molar-refractivity contribution is 0.203. The molecule has 1 saturated heterocycles. The van der Waals surface area contributed by atoms with Crippen LogP contribution in [0.5, 0.6) is 0 Å². The third kappa shape index (κ3) is 2.59. The van der Waals surface area contributed by atoms with E-state index in [1.165, 1.54) is 57.3 Å². The van der Waals surface area contributed by atoms with Crippen molar-refractivity contribution >= 4 is 0 Å². The summed E-state index contributed by atoms with van der Waals surface area (Å²) in [5, 5.41) is 8.08. The molecule has 2 aliphatic rings. The lowest BCUT2D eigenvalue weighted by atomic mass is 9.97. The Morgan fingerprint density at radius 1 is 1.33 bits per heavy atom. The van der Waals surface area contributed by atoms with Crippen LogP contribution in [-0.2, 0) is 13.6 Å². The average Bonchev–Trinajstić information content (AvgIpc) is 2.89. The predicted octanol–water partition coefficient (Wildman–Crippen LogP) is 1.53. The van der Waals surface area contributed by atoms with Crippen molar-refractivity contribution < 1.29 is 0 Å². The fourth-order valence-corrected chi connectivity index (χ4v) is 3.55. The predicted molar refractivity (Wildman–Crippen MR) is 72.3 cm³/mol. The molecule has 1 N–H and O–H groups in total. The molecule has 1 aliphatic carbocycles. The van der Waals surface area contributed by atoms with E-state index in [0.717, 1.165) is 6.54 Å². The monoisotopic (exact) mass is 248 g/mol. The summed E-state index contributed by atoms with van der Waals surface area (Å²) in [7, 11) is 1.99. The van der Waals surface area contributed by atoms with E-state index in [1.54, 1.807) is 0 Å². The van der Waals surface area contributed by atoms with Crippen LogP contribution in [0.1, 0.15) is 37.7 Å². The molecule has 0 bridgehead atoms. The number of hydrogen-bond acceptors (Lipinski definition) is 3. The minimum atomic E-state index is 0.415. The molecule has 1 aliphatic heterocycles. The zero-order valence-corrected chi connectivity index (χ0v) is 11.4. The molecule has 0 unspecified atom stereocenters. The lowest BCUT2D eigenvalue weighted by Crippen LogP contribution is -2.49. The second-order valence-corrected chi connectivity index (χ2v) is 6.00. The second-order valence-electron chi connectivity index (χ2n) is 6.00. The van der Waals surface area contributed by atoms with Gasteiger partial charge in [0, 0.05) is 37.4 Å². The Balaban J connectivity index is 1.67. The van der Waals surface area contributed by atoms with Gasteiger partial charge in [0.1, 0.15) is 0 Å². The Hall–Kier alpha value is -0.870. The van der Waals surface area contributed by atoms with E-state index in [4.69, 9.17) is 0 Å². The molecule has 4 heteroatoms. The molecule has 0 amide bonds. The molecule has 1 saturated carbocycles. The number of aryl methyl sites for hydroxylation is 1. The van der Waals surface area contributed by atoms with Gasteiger partial charge in [0.2, 0.25) is 0 Å². The molecular weight excluding hydrogens is 224 g/mol. The molecule has 1 aromatic rings. The van der Waals surface area contributed by atoms with Crippen LogP contribution in [0.2, 0.25) is 0 Å². The largest absolute Gasteiger partial charge is 0.310 e. The van der Waals surface area contributed by atoms with E-state index in [2.05, 4.69) is 21.5 Å². The van der Waals surface area contributed by atoms with Crippen LogP contribution in [0.25, 0.3) is 0 Å². The highest BCUT2D eigenvalue weighted by Crippen LogP contribution is 2.32. The number of hydrogen-bond donors (Lipinski definition) is 1. The molecule has 0 radical (unpaired) electrons. The van der Waals surface area contributed by atoms with Gasteiger partial charge in [-0.1, -0.05) is 12.8 Å². The normalized spacial score (nSPS) is 24.5. The number of nitrogens with one attached hydrogen (secondary N) is 1. The van der Waals surface area contributed by atoms with Crippen LogP contribution in [0, 0.1) is 0 Å². The summed E-state index contributed by atoms with van der Waals surface area (Å²) in [5.41, 5.74) is 1.76. The Bertz CT molecular complexity index is 392. The molecule has 1 aromatic heterocycles. The summed E-state index contributed by atoms with van der Waals surface area (Å²) >= 11 is 0. The lowest BCUT2D eigenvalue weighted by Gasteiger charge is -2.33. The van der Waals surface area contributed by atoms with Crippen molar-refractivity contribution in [3.05, 3.63) is 18.0 Å². The van der Waals surface area contributed by atoms with Crippen LogP contribution < -0.4 is 5.32 Å². The van der Waals surface area contributed by atoms with Crippen molar-refractivity contribution in [1.82, 2.24) is 20.0 Å². The van der Waals surface area contributed by atoms with Gasteiger partial charge in [-0.05, 0) is 32.4 Å². The molecule has 3 rings (SSSR count). The van der Waals surface area contributed by atoms with Crippen molar-refractivity contribution in [3.8, 4) is 0 Å². The van der Waals surface area contributed by atoms with E-state index in [9.17, 15) is 0 Å². The number of aromatic nitrogens is 2. The van der Waals surface area contributed by atoms with E-state index >= 15 is 0 Å². The third-order valence-electron chi connectivity index (χ3n) is 4.40. The topological polar surface area (TPSA) is 33.1 Å². The van der Waals surface area contributed by atoms with Crippen molar-refractivity contribution in [2.24, 2.45) is 7.05 Å². The van der Waals surface area contributed by atoms with Crippen molar-refractivity contribution in [2.75, 3.05) is 19.6 Å². The van der Waals surface area contributed by atoms with Gasteiger partial charge in [-0.25, -0.2) is 0 Å². The quantitative estimate of drug-likeness (QED) is 0.861. The van der Waals surface area contributed by atoms with E-state index in [-0.39, 0.29) is 0 Å². The number of rotatable bonds is 2. The van der Waals surface area contributed by atoms with Crippen molar-refractivity contribution in [1.29, 1.82) is 0 Å². The van der Waals surface area contributed by atoms with Gasteiger partial charge in [-0.3, -0.25) is 9.58 Å². The fraction of sp³-hybridized carbons (Fsp3) is 0.786. The highest BCUT2D eigenvalue weighted by molar-refractivity contribution is 5.05. The van der Waals surface area contributed by atoms with Crippen LogP contribution in [0.3, 0.4) is 0 Å². The van der Waals surface area contributed by atoms with Gasteiger partial charge in [0.25, 0.3) is 0 Å². The SMILES string of the molecule is Cn1cc(CN2CCCNC3(CCCC3)C2)cn1. The summed E-state index contributed by atoms with van der Waals surface area (Å²) < 4.78 is 1.90. The summed E-state index contributed by atoms with van der Waals surface area (Å²) in [4.78, 5) is 2.61. The minimum absolute atomic E-state index is 0.415. The fourth-order valence-electron chi connectivity index (χ4n) is 3.55. The zero-order chi connectivity index (χ0) is 12.4. The first-order chi connectivity index (χ1) is 8.76. The summed E-state index contributed by atoms with van der Waals surface area (Å²) in [5.74, 6) is 0. The molecule has 1 spiro atoms. The average molecular weight is 248 g/mol. The zero-order valence-electron chi connectivity index (χ0n) is 11.4. The highest BCUT2D eigenvalue weighted by atomic mass is 15.2. The van der Waals surface area contributed by atoms with Crippen LogP contribution in [0.15, 0.2) is 12.4 Å². The van der Waals surface area contributed by atoms with E-state index in [0.29, 0.717) is 5.54 Å². The molecule has 18 heavy (non-hydrogen) atoms. The molecule has 2 fully saturated rings. The standard InChI is InChI=1S/C14H24N4/c1-17-10-13(9-16-17)11-18-8-4-7-15-14(12-18)5-2-3-6-14/h9-10,15H,2-8,11-12H2,1H3. The second kappa shape index (κ2) is 5.02. The first-order valence-electron chi connectivity index (χ1n) is 7.21. The van der Waals surface area contributed by atoms with E-state index in [1.807, 2.05) is 17.9 Å². The first-order valence-corrected chi connectivity index (χ1v) is 7.21. The molecule has 4 nitrogen and oxygen atoms in total. The summed E-state index contributed by atoms with van der Waals surface area (Å²) in [6.07, 6.45) is 10.9. The Morgan fingerprint density at radius 3 is 2.89 bits per heavy atom. The van der Waals surface area contributed by atoms with Gasteiger partial charge in [0.05, 0.1) is 6.20 Å². The maximum Gasteiger partial charge on any atom is 0.0534 e. The molecule has 0 aromatic carbocycles. The Labute approximate surface area is 109 Å². The van der Waals surface area contributed by atoms with Crippen LogP contribution in [0.4, 0.5) is 0 Å². The smallest absolute Gasteiger partial charge is 0.0534 e. The van der Waals surface area contributed by atoms with Crippen LogP contribution >= 0.6 is 0 Å². The maximum absolute atomic E-state index is 4.27. The maximum atomic E-state index is 4.27. The van der Waals surface area contributed by atoms with Gasteiger partial charge in [-0.2, -0.15) is 5.10 Å². The van der Waals surface area contributed by atoms with Gasteiger partial charge >= 0.3 is 0 Å². The van der Waals surface area contributed by atoms with Crippen molar-refractivity contribution in [3.63, 3.8) is 0 Å². The van der Waals surface area contributed by atoms with Gasteiger partial charge in [-0.15, -0.1) is 0 Å². The highest BCUT2D eigenvalue weighted by Gasteiger charge is 2.36. The first kappa shape index (κ1) is 12.2. The Morgan fingerprint density at radius 2 is 2.17 bits per heavy atom. The number of nitrogens with zero attached hydrogens (tertiary/aromatic N) is 3. The Kier molecular flexibility index (Phi) is 3.39. The third-order valence-corrected chi connectivity index (χ3v) is 4.40. The molecular formula is C14H24N4. The van der Waals surface area contributed by atoms with E-state index < -0.39 is 0 Å². The summed E-state index contributed by atoms with van der Waals surface area (Å²) in [6, 6.07) is 0. The van der Waals surface area contributed by atoms with Crippen LogP contribution in [-0.4, -0.2) is 39.9 Å². The van der Waals surface area contributed by atoms with Crippen molar-refractivity contribution in [2.45, 2.75) is 44.2 Å². The van der Waals surface area contributed by atoms with Gasteiger partial charge in [0.15, 0.2) is 0 Å². The molecule has 0 atom stereocenters. The summed E-state index contributed by atoms with van der Waals surface area (Å²) in [6.45, 7) is 4.66.